The zero-order valence-electron chi connectivity index (χ0n) is 15.8. The standard InChI is InChI=1S/C22H30O/c1-14-11-9-10-12-16(14)18-15(2)13-17(21(3,4)5)20(23)19(18)22(6,7)8/h9-13,23H,1-8H3. The first-order valence-electron chi connectivity index (χ1n) is 8.38. The maximum Gasteiger partial charge on any atom is 0.123 e. The lowest BCUT2D eigenvalue weighted by Gasteiger charge is -2.31. The molecule has 0 aliphatic heterocycles. The molecule has 2 aromatic rings. The molecule has 0 fully saturated rings. The Balaban J connectivity index is 2.94. The minimum absolute atomic E-state index is 0.0842. The van der Waals surface area contributed by atoms with Crippen LogP contribution in [0.3, 0.4) is 0 Å². The summed E-state index contributed by atoms with van der Waals surface area (Å²) in [5, 5.41) is 11.1. The molecule has 0 aromatic heterocycles. The molecule has 0 aliphatic rings. The minimum Gasteiger partial charge on any atom is -0.507 e. The highest BCUT2D eigenvalue weighted by molar-refractivity contribution is 5.78. The van der Waals surface area contributed by atoms with Gasteiger partial charge in [-0.2, -0.15) is 0 Å². The Labute approximate surface area is 141 Å². The maximum atomic E-state index is 11.1. The van der Waals surface area contributed by atoms with Gasteiger partial charge in [0.2, 0.25) is 0 Å². The van der Waals surface area contributed by atoms with Gasteiger partial charge in [-0.3, -0.25) is 0 Å². The maximum absolute atomic E-state index is 11.1. The van der Waals surface area contributed by atoms with Gasteiger partial charge in [0, 0.05) is 5.56 Å². The first kappa shape index (κ1) is 17.6. The molecule has 124 valence electrons. The van der Waals surface area contributed by atoms with Crippen molar-refractivity contribution in [3.63, 3.8) is 0 Å². The van der Waals surface area contributed by atoms with E-state index in [-0.39, 0.29) is 10.8 Å². The van der Waals surface area contributed by atoms with Gasteiger partial charge in [-0.05, 0) is 52.5 Å². The molecule has 0 radical (unpaired) electrons. The van der Waals surface area contributed by atoms with Crippen molar-refractivity contribution in [2.24, 2.45) is 0 Å². The molecule has 2 aromatic carbocycles. The van der Waals surface area contributed by atoms with Crippen LogP contribution in [0.25, 0.3) is 11.1 Å². The highest BCUT2D eigenvalue weighted by atomic mass is 16.3. The molecule has 0 spiro atoms. The van der Waals surface area contributed by atoms with E-state index < -0.39 is 0 Å². The summed E-state index contributed by atoms with van der Waals surface area (Å²) < 4.78 is 0. The molecule has 2 rings (SSSR count). The average molecular weight is 310 g/mol. The Morgan fingerprint density at radius 2 is 1.35 bits per heavy atom. The number of phenolic OH excluding ortho intramolecular Hbond substituents is 1. The molecule has 0 saturated carbocycles. The second-order valence-electron chi connectivity index (χ2n) is 8.65. The van der Waals surface area contributed by atoms with E-state index in [0.717, 1.165) is 11.1 Å². The topological polar surface area (TPSA) is 20.2 Å². The van der Waals surface area contributed by atoms with Gasteiger partial charge in [0.1, 0.15) is 5.75 Å². The average Bonchev–Trinajstić information content (AvgIpc) is 2.39. The van der Waals surface area contributed by atoms with Gasteiger partial charge in [-0.15, -0.1) is 0 Å². The van der Waals surface area contributed by atoms with Gasteiger partial charge < -0.3 is 5.11 Å². The largest absolute Gasteiger partial charge is 0.507 e. The second-order valence-corrected chi connectivity index (χ2v) is 8.65. The Kier molecular flexibility index (Phi) is 4.36. The van der Waals surface area contributed by atoms with Crippen molar-refractivity contribution in [1.29, 1.82) is 0 Å². The van der Waals surface area contributed by atoms with E-state index in [1.54, 1.807) is 0 Å². The van der Waals surface area contributed by atoms with Crippen LogP contribution in [-0.2, 0) is 10.8 Å². The predicted octanol–water partition coefficient (Wildman–Crippen LogP) is 6.27. The Morgan fingerprint density at radius 1 is 0.783 bits per heavy atom. The van der Waals surface area contributed by atoms with Gasteiger partial charge >= 0.3 is 0 Å². The number of aryl methyl sites for hydroxylation is 2. The van der Waals surface area contributed by atoms with E-state index in [0.29, 0.717) is 5.75 Å². The van der Waals surface area contributed by atoms with Crippen LogP contribution in [0.5, 0.6) is 5.75 Å². The van der Waals surface area contributed by atoms with Crippen molar-refractivity contribution in [2.45, 2.75) is 66.2 Å². The molecular weight excluding hydrogens is 280 g/mol. The third-order valence-electron chi connectivity index (χ3n) is 4.47. The van der Waals surface area contributed by atoms with Crippen molar-refractivity contribution in [3.8, 4) is 16.9 Å². The predicted molar refractivity (Wildman–Crippen MR) is 100 cm³/mol. The van der Waals surface area contributed by atoms with Crippen LogP contribution in [0.15, 0.2) is 30.3 Å². The summed E-state index contributed by atoms with van der Waals surface area (Å²) in [5.74, 6) is 0.453. The van der Waals surface area contributed by atoms with Crippen LogP contribution in [0.2, 0.25) is 0 Å². The molecule has 0 aliphatic carbocycles. The van der Waals surface area contributed by atoms with Crippen LogP contribution in [-0.4, -0.2) is 5.11 Å². The fourth-order valence-electron chi connectivity index (χ4n) is 3.31. The number of hydrogen-bond acceptors (Lipinski definition) is 1. The summed E-state index contributed by atoms with van der Waals surface area (Å²) in [6.07, 6.45) is 0. The van der Waals surface area contributed by atoms with Gasteiger partial charge in [-0.25, -0.2) is 0 Å². The highest BCUT2D eigenvalue weighted by Crippen LogP contribution is 2.46. The number of aromatic hydroxyl groups is 1. The summed E-state index contributed by atoms with van der Waals surface area (Å²) in [5.41, 5.74) is 6.73. The summed E-state index contributed by atoms with van der Waals surface area (Å²) in [6.45, 7) is 17.3. The molecule has 1 heteroatoms. The Bertz CT molecular complexity index is 725. The quantitative estimate of drug-likeness (QED) is 0.658. The number of hydrogen-bond donors (Lipinski definition) is 1. The monoisotopic (exact) mass is 310 g/mol. The van der Waals surface area contributed by atoms with E-state index in [4.69, 9.17) is 0 Å². The van der Waals surface area contributed by atoms with Crippen molar-refractivity contribution >= 4 is 0 Å². The van der Waals surface area contributed by atoms with Crippen LogP contribution in [0.4, 0.5) is 0 Å². The molecule has 0 amide bonds. The third-order valence-corrected chi connectivity index (χ3v) is 4.47. The molecule has 0 saturated heterocycles. The zero-order valence-corrected chi connectivity index (χ0v) is 15.8. The molecule has 0 bridgehead atoms. The normalized spacial score (nSPS) is 12.5. The van der Waals surface area contributed by atoms with Crippen LogP contribution >= 0.6 is 0 Å². The molecular formula is C22H30O. The van der Waals surface area contributed by atoms with Crippen molar-refractivity contribution < 1.29 is 5.11 Å². The van der Waals surface area contributed by atoms with Crippen molar-refractivity contribution in [1.82, 2.24) is 0 Å². The third kappa shape index (κ3) is 3.29. The molecule has 0 heterocycles. The zero-order chi connectivity index (χ0) is 17.6. The van der Waals surface area contributed by atoms with E-state index in [2.05, 4.69) is 85.7 Å². The lowest BCUT2D eigenvalue weighted by Crippen LogP contribution is -2.19. The van der Waals surface area contributed by atoms with Crippen molar-refractivity contribution in [3.05, 3.63) is 52.6 Å². The van der Waals surface area contributed by atoms with Crippen LogP contribution in [0, 0.1) is 13.8 Å². The smallest absolute Gasteiger partial charge is 0.123 e. The second kappa shape index (κ2) is 5.70. The van der Waals surface area contributed by atoms with E-state index >= 15 is 0 Å². The first-order chi connectivity index (χ1) is 10.4. The number of benzene rings is 2. The van der Waals surface area contributed by atoms with Crippen LogP contribution < -0.4 is 0 Å². The lowest BCUT2D eigenvalue weighted by atomic mass is 9.74. The van der Waals surface area contributed by atoms with Gasteiger partial charge in [-0.1, -0.05) is 71.9 Å². The van der Waals surface area contributed by atoms with Gasteiger partial charge in [0.15, 0.2) is 0 Å². The molecule has 1 nitrogen and oxygen atoms in total. The Morgan fingerprint density at radius 3 is 1.83 bits per heavy atom. The number of rotatable bonds is 1. The molecule has 0 unspecified atom stereocenters. The SMILES string of the molecule is Cc1ccccc1-c1c(C)cc(C(C)(C)C)c(O)c1C(C)(C)C. The highest BCUT2D eigenvalue weighted by Gasteiger charge is 2.30. The number of phenols is 1. The van der Waals surface area contributed by atoms with E-state index in [1.807, 2.05) is 0 Å². The summed E-state index contributed by atoms with van der Waals surface area (Å²) >= 11 is 0. The minimum atomic E-state index is -0.131. The first-order valence-corrected chi connectivity index (χ1v) is 8.38. The van der Waals surface area contributed by atoms with Crippen LogP contribution in [0.1, 0.15) is 63.8 Å². The molecule has 1 N–H and O–H groups in total. The van der Waals surface area contributed by atoms with E-state index in [9.17, 15) is 5.11 Å². The van der Waals surface area contributed by atoms with Gasteiger partial charge in [0.05, 0.1) is 0 Å². The van der Waals surface area contributed by atoms with E-state index in [1.165, 1.54) is 22.3 Å². The molecule has 23 heavy (non-hydrogen) atoms. The van der Waals surface area contributed by atoms with Gasteiger partial charge in [0.25, 0.3) is 0 Å². The summed E-state index contributed by atoms with van der Waals surface area (Å²) in [6, 6.07) is 10.6. The molecule has 0 atom stereocenters. The fourth-order valence-corrected chi connectivity index (χ4v) is 3.31. The summed E-state index contributed by atoms with van der Waals surface area (Å²) in [7, 11) is 0. The Hall–Kier alpha value is -1.76. The lowest BCUT2D eigenvalue weighted by molar-refractivity contribution is 0.423. The summed E-state index contributed by atoms with van der Waals surface area (Å²) in [4.78, 5) is 0. The fraction of sp³-hybridized carbons (Fsp3) is 0.455. The van der Waals surface area contributed by atoms with Crippen molar-refractivity contribution in [2.75, 3.05) is 0 Å².